The van der Waals surface area contributed by atoms with E-state index in [9.17, 15) is 0 Å². The number of benzene rings is 1. The van der Waals surface area contributed by atoms with Crippen molar-refractivity contribution in [1.29, 1.82) is 0 Å². The van der Waals surface area contributed by atoms with Gasteiger partial charge in [-0.25, -0.2) is 4.98 Å². The summed E-state index contributed by atoms with van der Waals surface area (Å²) in [6.07, 6.45) is 1.68. The zero-order valence-electron chi connectivity index (χ0n) is 11.9. The van der Waals surface area contributed by atoms with Gasteiger partial charge in [-0.3, -0.25) is 0 Å². The fourth-order valence-electron chi connectivity index (χ4n) is 2.22. The fraction of sp³-hybridized carbons (Fsp3) is 0.375. The maximum atomic E-state index is 5.35. The van der Waals surface area contributed by atoms with Crippen molar-refractivity contribution in [3.8, 4) is 11.3 Å². The fourth-order valence-corrected chi connectivity index (χ4v) is 2.61. The Balaban J connectivity index is 2.53. The van der Waals surface area contributed by atoms with Crippen molar-refractivity contribution in [1.82, 2.24) is 9.97 Å². The Kier molecular flexibility index (Phi) is 4.15. The topological polar surface area (TPSA) is 28.7 Å². The Labute approximate surface area is 119 Å². The highest BCUT2D eigenvalue weighted by Crippen LogP contribution is 2.28. The van der Waals surface area contributed by atoms with Gasteiger partial charge < -0.3 is 4.98 Å². The van der Waals surface area contributed by atoms with Gasteiger partial charge in [0.25, 0.3) is 0 Å². The molecule has 0 aliphatic heterocycles. The van der Waals surface area contributed by atoms with Crippen LogP contribution in [-0.2, 0) is 0 Å². The van der Waals surface area contributed by atoms with Crippen LogP contribution in [0.15, 0.2) is 30.6 Å². The third-order valence-electron chi connectivity index (χ3n) is 3.33. The molecule has 0 aliphatic rings. The molecule has 0 bridgehead atoms. The summed E-state index contributed by atoms with van der Waals surface area (Å²) in [6.45, 7) is 8.70. The highest BCUT2D eigenvalue weighted by molar-refractivity contribution is 7.71. The lowest BCUT2D eigenvalue weighted by Crippen LogP contribution is -1.99. The van der Waals surface area contributed by atoms with Crippen molar-refractivity contribution < 1.29 is 0 Å². The highest BCUT2D eigenvalue weighted by Gasteiger charge is 2.11. The van der Waals surface area contributed by atoms with Gasteiger partial charge in [-0.05, 0) is 23.0 Å². The van der Waals surface area contributed by atoms with Crippen molar-refractivity contribution >= 4 is 12.2 Å². The van der Waals surface area contributed by atoms with E-state index in [0.29, 0.717) is 16.5 Å². The third-order valence-corrected chi connectivity index (χ3v) is 3.66. The molecular formula is C16H20N2S. The van der Waals surface area contributed by atoms with Crippen LogP contribution in [0.2, 0.25) is 0 Å². The summed E-state index contributed by atoms with van der Waals surface area (Å²) in [5.74, 6) is 0.909. The number of hydrogen-bond acceptors (Lipinski definition) is 2. The first-order valence-electron chi connectivity index (χ1n) is 6.68. The van der Waals surface area contributed by atoms with Gasteiger partial charge in [0.15, 0.2) is 0 Å². The molecule has 0 saturated carbocycles. The van der Waals surface area contributed by atoms with Crippen LogP contribution in [0.3, 0.4) is 0 Å². The summed E-state index contributed by atoms with van der Waals surface area (Å²) >= 11 is 5.35. The van der Waals surface area contributed by atoms with E-state index in [1.165, 1.54) is 11.1 Å². The smallest absolute Gasteiger partial charge is 0.133 e. The monoisotopic (exact) mass is 272 g/mol. The quantitative estimate of drug-likeness (QED) is 0.792. The van der Waals surface area contributed by atoms with Gasteiger partial charge in [-0.15, -0.1) is 0 Å². The summed E-state index contributed by atoms with van der Waals surface area (Å²) < 4.78 is 0.691. The Morgan fingerprint density at radius 2 is 1.63 bits per heavy atom. The van der Waals surface area contributed by atoms with Gasteiger partial charge in [-0.1, -0.05) is 64.2 Å². The van der Waals surface area contributed by atoms with E-state index in [4.69, 9.17) is 12.2 Å². The SMILES string of the molecule is CC(C)c1ccc(-c2[nH]cnc(=S)c2C(C)C)cc1. The summed E-state index contributed by atoms with van der Waals surface area (Å²) in [5, 5.41) is 0. The molecule has 1 aromatic carbocycles. The lowest BCUT2D eigenvalue weighted by Gasteiger charge is -2.13. The van der Waals surface area contributed by atoms with Crippen LogP contribution < -0.4 is 0 Å². The van der Waals surface area contributed by atoms with E-state index in [1.54, 1.807) is 6.33 Å². The Hall–Kier alpha value is -1.48. The first kappa shape index (κ1) is 13.9. The maximum absolute atomic E-state index is 5.35. The van der Waals surface area contributed by atoms with Crippen LogP contribution in [0, 0.1) is 4.64 Å². The Morgan fingerprint density at radius 1 is 1.00 bits per heavy atom. The molecule has 0 amide bonds. The number of nitrogens with zero attached hydrogens (tertiary/aromatic N) is 1. The molecule has 3 heteroatoms. The average Bonchev–Trinajstić information content (AvgIpc) is 2.38. The molecule has 0 spiro atoms. The molecule has 0 atom stereocenters. The van der Waals surface area contributed by atoms with Crippen LogP contribution in [0.25, 0.3) is 11.3 Å². The molecule has 0 unspecified atom stereocenters. The van der Waals surface area contributed by atoms with Crippen LogP contribution in [0.5, 0.6) is 0 Å². The second-order valence-corrected chi connectivity index (χ2v) is 5.81. The highest BCUT2D eigenvalue weighted by atomic mass is 32.1. The van der Waals surface area contributed by atoms with Crippen molar-refractivity contribution in [2.75, 3.05) is 0 Å². The molecule has 2 rings (SSSR count). The summed E-state index contributed by atoms with van der Waals surface area (Å²) in [5.41, 5.74) is 4.73. The third kappa shape index (κ3) is 2.92. The van der Waals surface area contributed by atoms with E-state index >= 15 is 0 Å². The molecule has 1 N–H and O–H groups in total. The van der Waals surface area contributed by atoms with Crippen molar-refractivity contribution in [3.63, 3.8) is 0 Å². The van der Waals surface area contributed by atoms with Crippen LogP contribution in [-0.4, -0.2) is 9.97 Å². The Bertz CT molecular complexity index is 609. The minimum absolute atomic E-state index is 0.359. The normalized spacial score (nSPS) is 11.3. The summed E-state index contributed by atoms with van der Waals surface area (Å²) in [4.78, 5) is 7.44. The molecule has 0 aliphatic carbocycles. The first-order chi connectivity index (χ1) is 9.00. The zero-order valence-corrected chi connectivity index (χ0v) is 12.7. The minimum atomic E-state index is 0.359. The predicted octanol–water partition coefficient (Wildman–Crippen LogP) is 5.05. The van der Waals surface area contributed by atoms with Crippen LogP contribution >= 0.6 is 12.2 Å². The molecule has 0 fully saturated rings. The van der Waals surface area contributed by atoms with E-state index < -0.39 is 0 Å². The largest absolute Gasteiger partial charge is 0.346 e. The molecule has 100 valence electrons. The zero-order chi connectivity index (χ0) is 14.0. The van der Waals surface area contributed by atoms with E-state index in [0.717, 1.165) is 11.3 Å². The van der Waals surface area contributed by atoms with E-state index in [1.807, 2.05) is 0 Å². The molecule has 1 aromatic heterocycles. The lowest BCUT2D eigenvalue weighted by molar-refractivity contribution is 0.843. The Morgan fingerprint density at radius 3 is 2.16 bits per heavy atom. The van der Waals surface area contributed by atoms with Crippen molar-refractivity contribution in [3.05, 3.63) is 46.4 Å². The van der Waals surface area contributed by atoms with E-state index in [2.05, 4.69) is 61.9 Å². The van der Waals surface area contributed by atoms with Gasteiger partial charge in [0.2, 0.25) is 0 Å². The first-order valence-corrected chi connectivity index (χ1v) is 7.09. The molecule has 1 heterocycles. The van der Waals surface area contributed by atoms with Gasteiger partial charge in [-0.2, -0.15) is 0 Å². The van der Waals surface area contributed by atoms with Crippen LogP contribution in [0.1, 0.15) is 50.7 Å². The van der Waals surface area contributed by atoms with Gasteiger partial charge in [0, 0.05) is 5.56 Å². The minimum Gasteiger partial charge on any atom is -0.346 e. The molecule has 0 saturated heterocycles. The number of hydrogen-bond donors (Lipinski definition) is 1. The molecule has 2 aromatic rings. The number of nitrogens with one attached hydrogen (secondary N) is 1. The second-order valence-electron chi connectivity index (χ2n) is 5.43. The summed E-state index contributed by atoms with van der Waals surface area (Å²) in [7, 11) is 0. The molecule has 0 radical (unpaired) electrons. The number of aromatic amines is 1. The molecule has 19 heavy (non-hydrogen) atoms. The number of aromatic nitrogens is 2. The maximum Gasteiger partial charge on any atom is 0.133 e. The lowest BCUT2D eigenvalue weighted by atomic mass is 9.96. The van der Waals surface area contributed by atoms with Gasteiger partial charge in [0.05, 0.1) is 12.0 Å². The average molecular weight is 272 g/mol. The summed E-state index contributed by atoms with van der Waals surface area (Å²) in [6, 6.07) is 8.67. The number of rotatable bonds is 3. The van der Waals surface area contributed by atoms with E-state index in [-0.39, 0.29) is 0 Å². The van der Waals surface area contributed by atoms with Crippen molar-refractivity contribution in [2.45, 2.75) is 39.5 Å². The van der Waals surface area contributed by atoms with Gasteiger partial charge in [0.1, 0.15) is 4.64 Å². The molecule has 2 nitrogen and oxygen atoms in total. The second kappa shape index (κ2) is 5.66. The number of H-pyrrole nitrogens is 1. The standard InChI is InChI=1S/C16H20N2S/c1-10(2)12-5-7-13(8-6-12)15-14(11(3)4)16(19)18-9-17-15/h5-11H,1-4H3,(H,17,18,19). The molecular weight excluding hydrogens is 252 g/mol. The van der Waals surface area contributed by atoms with Crippen molar-refractivity contribution in [2.24, 2.45) is 0 Å². The van der Waals surface area contributed by atoms with Gasteiger partial charge >= 0.3 is 0 Å². The van der Waals surface area contributed by atoms with Crippen LogP contribution in [0.4, 0.5) is 0 Å². The predicted molar refractivity (Wildman–Crippen MR) is 83.0 cm³/mol.